The second-order valence-corrected chi connectivity index (χ2v) is 3.61. The van der Waals surface area contributed by atoms with Gasteiger partial charge in [-0.3, -0.25) is 4.79 Å². The average molecular weight is 184 g/mol. The lowest BCUT2D eigenvalue weighted by Crippen LogP contribution is -2.39. The van der Waals surface area contributed by atoms with Gasteiger partial charge in [-0.25, -0.2) is 0 Å². The highest BCUT2D eigenvalue weighted by atomic mass is 16.2. The molecule has 3 heteroatoms. The van der Waals surface area contributed by atoms with Gasteiger partial charge in [0, 0.05) is 25.0 Å². The number of nitrogens with two attached hydrogens (primary N) is 1. The molecule has 0 aliphatic carbocycles. The van der Waals surface area contributed by atoms with Crippen molar-refractivity contribution in [3.63, 3.8) is 0 Å². The van der Waals surface area contributed by atoms with Crippen molar-refractivity contribution in [2.45, 2.75) is 39.3 Å². The van der Waals surface area contributed by atoms with Gasteiger partial charge in [-0.05, 0) is 20.8 Å². The summed E-state index contributed by atoms with van der Waals surface area (Å²) < 4.78 is 0. The van der Waals surface area contributed by atoms with Crippen LogP contribution in [0.15, 0.2) is 12.7 Å². The van der Waals surface area contributed by atoms with Gasteiger partial charge in [-0.2, -0.15) is 0 Å². The Morgan fingerprint density at radius 2 is 2.08 bits per heavy atom. The largest absolute Gasteiger partial charge is 0.337 e. The molecule has 0 saturated carbocycles. The fourth-order valence-corrected chi connectivity index (χ4v) is 1.13. The molecule has 0 aromatic rings. The smallest absolute Gasteiger partial charge is 0.224 e. The summed E-state index contributed by atoms with van der Waals surface area (Å²) in [5.41, 5.74) is 5.55. The summed E-state index contributed by atoms with van der Waals surface area (Å²) in [5.74, 6) is 0.102. The lowest BCUT2D eigenvalue weighted by atomic mass is 10.2. The monoisotopic (exact) mass is 184 g/mol. The van der Waals surface area contributed by atoms with E-state index in [1.807, 2.05) is 20.8 Å². The minimum absolute atomic E-state index is 0.0708. The first-order valence-electron chi connectivity index (χ1n) is 4.65. The molecule has 2 N–H and O–H groups in total. The van der Waals surface area contributed by atoms with Gasteiger partial charge in [-0.1, -0.05) is 6.08 Å². The van der Waals surface area contributed by atoms with Crippen LogP contribution < -0.4 is 5.73 Å². The quantitative estimate of drug-likeness (QED) is 0.651. The second kappa shape index (κ2) is 5.75. The van der Waals surface area contributed by atoms with E-state index in [1.165, 1.54) is 0 Å². The van der Waals surface area contributed by atoms with Crippen molar-refractivity contribution in [3.05, 3.63) is 12.7 Å². The Morgan fingerprint density at radius 1 is 1.54 bits per heavy atom. The molecule has 3 nitrogen and oxygen atoms in total. The molecule has 0 aromatic heterocycles. The van der Waals surface area contributed by atoms with Gasteiger partial charge >= 0.3 is 0 Å². The standard InChI is InChI=1S/C10H20N2O/c1-5-6-12(8(2)3)10(13)7-9(4)11/h5,8-9H,1,6-7,11H2,2-4H3. The summed E-state index contributed by atoms with van der Waals surface area (Å²) in [5, 5.41) is 0. The number of carbonyl (C=O) groups is 1. The third-order valence-corrected chi connectivity index (χ3v) is 1.77. The highest BCUT2D eigenvalue weighted by Crippen LogP contribution is 2.02. The predicted octanol–water partition coefficient (Wildman–Crippen LogP) is 1.15. The van der Waals surface area contributed by atoms with E-state index < -0.39 is 0 Å². The lowest BCUT2D eigenvalue weighted by molar-refractivity contribution is -0.132. The van der Waals surface area contributed by atoms with Gasteiger partial charge in [0.2, 0.25) is 5.91 Å². The number of rotatable bonds is 5. The van der Waals surface area contributed by atoms with Gasteiger partial charge in [0.1, 0.15) is 0 Å². The van der Waals surface area contributed by atoms with E-state index in [9.17, 15) is 4.79 Å². The van der Waals surface area contributed by atoms with E-state index >= 15 is 0 Å². The van der Waals surface area contributed by atoms with Crippen molar-refractivity contribution in [1.29, 1.82) is 0 Å². The van der Waals surface area contributed by atoms with Crippen molar-refractivity contribution >= 4 is 5.91 Å². The topological polar surface area (TPSA) is 46.3 Å². The molecule has 76 valence electrons. The van der Waals surface area contributed by atoms with Crippen LogP contribution in [-0.2, 0) is 4.79 Å². The van der Waals surface area contributed by atoms with Crippen molar-refractivity contribution in [1.82, 2.24) is 4.90 Å². The third kappa shape index (κ3) is 4.68. The molecule has 13 heavy (non-hydrogen) atoms. The molecule has 0 aliphatic heterocycles. The Hall–Kier alpha value is -0.830. The maximum atomic E-state index is 11.6. The van der Waals surface area contributed by atoms with E-state index in [4.69, 9.17) is 5.73 Å². The average Bonchev–Trinajstić information content (AvgIpc) is 1.97. The first-order chi connectivity index (χ1) is 5.99. The molecule has 0 spiro atoms. The molecule has 0 aliphatic rings. The van der Waals surface area contributed by atoms with Crippen LogP contribution in [0.25, 0.3) is 0 Å². The summed E-state index contributed by atoms with van der Waals surface area (Å²) in [4.78, 5) is 13.4. The van der Waals surface area contributed by atoms with Gasteiger partial charge < -0.3 is 10.6 Å². The van der Waals surface area contributed by atoms with Crippen LogP contribution in [0.3, 0.4) is 0 Å². The normalized spacial score (nSPS) is 12.7. The third-order valence-electron chi connectivity index (χ3n) is 1.77. The highest BCUT2D eigenvalue weighted by molar-refractivity contribution is 5.77. The molecule has 0 aromatic carbocycles. The van der Waals surface area contributed by atoms with Gasteiger partial charge in [-0.15, -0.1) is 6.58 Å². The Labute approximate surface area is 80.6 Å². The Kier molecular flexibility index (Phi) is 5.39. The lowest BCUT2D eigenvalue weighted by Gasteiger charge is -2.26. The number of amides is 1. The zero-order valence-electron chi connectivity index (χ0n) is 8.79. The predicted molar refractivity (Wildman–Crippen MR) is 55.3 cm³/mol. The zero-order chi connectivity index (χ0) is 10.4. The first kappa shape index (κ1) is 12.2. The van der Waals surface area contributed by atoms with E-state index in [2.05, 4.69) is 6.58 Å². The number of carbonyl (C=O) groups excluding carboxylic acids is 1. The van der Waals surface area contributed by atoms with E-state index in [-0.39, 0.29) is 18.0 Å². The van der Waals surface area contributed by atoms with E-state index in [0.717, 1.165) is 0 Å². The number of nitrogens with zero attached hydrogens (tertiary/aromatic N) is 1. The highest BCUT2D eigenvalue weighted by Gasteiger charge is 2.16. The number of hydrogen-bond acceptors (Lipinski definition) is 2. The molecule has 0 heterocycles. The van der Waals surface area contributed by atoms with Crippen LogP contribution in [-0.4, -0.2) is 29.4 Å². The first-order valence-corrected chi connectivity index (χ1v) is 4.65. The Bertz CT molecular complexity index is 176. The Morgan fingerprint density at radius 3 is 2.38 bits per heavy atom. The molecular formula is C10H20N2O. The molecule has 0 saturated heterocycles. The summed E-state index contributed by atoms with van der Waals surface area (Å²) in [7, 11) is 0. The van der Waals surface area contributed by atoms with Crippen LogP contribution in [0.4, 0.5) is 0 Å². The maximum Gasteiger partial charge on any atom is 0.224 e. The SMILES string of the molecule is C=CCN(C(=O)CC(C)N)C(C)C. The molecule has 0 fully saturated rings. The molecule has 1 unspecified atom stereocenters. The van der Waals surface area contributed by atoms with Crippen LogP contribution in [0.2, 0.25) is 0 Å². The maximum absolute atomic E-state index is 11.6. The summed E-state index contributed by atoms with van der Waals surface area (Å²) in [6.45, 7) is 10.0. The van der Waals surface area contributed by atoms with Gasteiger partial charge in [0.05, 0.1) is 0 Å². The molecule has 0 rings (SSSR count). The molecule has 0 bridgehead atoms. The molecule has 1 atom stereocenters. The van der Waals surface area contributed by atoms with Gasteiger partial charge in [0.15, 0.2) is 0 Å². The number of hydrogen-bond donors (Lipinski definition) is 1. The van der Waals surface area contributed by atoms with Crippen LogP contribution >= 0.6 is 0 Å². The van der Waals surface area contributed by atoms with E-state index in [0.29, 0.717) is 13.0 Å². The second-order valence-electron chi connectivity index (χ2n) is 3.61. The van der Waals surface area contributed by atoms with E-state index in [1.54, 1.807) is 11.0 Å². The zero-order valence-corrected chi connectivity index (χ0v) is 8.79. The van der Waals surface area contributed by atoms with Crippen LogP contribution in [0.5, 0.6) is 0 Å². The Balaban J connectivity index is 4.19. The van der Waals surface area contributed by atoms with Crippen molar-refractivity contribution in [2.24, 2.45) is 5.73 Å². The minimum Gasteiger partial charge on any atom is -0.337 e. The fourth-order valence-electron chi connectivity index (χ4n) is 1.13. The summed E-state index contributed by atoms with van der Waals surface area (Å²) >= 11 is 0. The van der Waals surface area contributed by atoms with Crippen molar-refractivity contribution < 1.29 is 4.79 Å². The molecule has 1 amide bonds. The minimum atomic E-state index is -0.0708. The fraction of sp³-hybridized carbons (Fsp3) is 0.700. The summed E-state index contributed by atoms with van der Waals surface area (Å²) in [6.07, 6.45) is 2.14. The molecular weight excluding hydrogens is 164 g/mol. The van der Waals surface area contributed by atoms with Crippen molar-refractivity contribution in [3.8, 4) is 0 Å². The van der Waals surface area contributed by atoms with Crippen LogP contribution in [0.1, 0.15) is 27.2 Å². The van der Waals surface area contributed by atoms with Crippen molar-refractivity contribution in [2.75, 3.05) is 6.54 Å². The van der Waals surface area contributed by atoms with Crippen LogP contribution in [0, 0.1) is 0 Å². The summed E-state index contributed by atoms with van der Waals surface area (Å²) in [6, 6.07) is 0.141. The van der Waals surface area contributed by atoms with Gasteiger partial charge in [0.25, 0.3) is 0 Å². The molecule has 0 radical (unpaired) electrons.